The Morgan fingerprint density at radius 2 is 2.11 bits per heavy atom. The lowest BCUT2D eigenvalue weighted by atomic mass is 9.95. The quantitative estimate of drug-likeness (QED) is 0.672. The summed E-state index contributed by atoms with van der Waals surface area (Å²) in [4.78, 5) is 0. The van der Waals surface area contributed by atoms with Crippen LogP contribution in [-0.2, 0) is 0 Å². The van der Waals surface area contributed by atoms with Crippen LogP contribution in [0.5, 0.6) is 17.2 Å². The summed E-state index contributed by atoms with van der Waals surface area (Å²) in [7, 11) is 0. The maximum Gasteiger partial charge on any atom is 0.214 e. The first-order valence-corrected chi connectivity index (χ1v) is 10.3. The zero-order chi connectivity index (χ0) is 19.1. The molecule has 5 rings (SSSR count). The van der Waals surface area contributed by atoms with Crippen LogP contribution in [0.15, 0.2) is 64.4 Å². The van der Waals surface area contributed by atoms with Gasteiger partial charge in [0.15, 0.2) is 11.5 Å². The van der Waals surface area contributed by atoms with Crippen molar-refractivity contribution in [3.8, 4) is 17.2 Å². The summed E-state index contributed by atoms with van der Waals surface area (Å²) in [6.45, 7) is 2.55. The normalized spacial score (nSPS) is 20.2. The van der Waals surface area contributed by atoms with Gasteiger partial charge in [0.1, 0.15) is 5.75 Å². The summed E-state index contributed by atoms with van der Waals surface area (Å²) < 4.78 is 12.3. The molecule has 2 atom stereocenters. The van der Waals surface area contributed by atoms with Crippen LogP contribution in [0.1, 0.15) is 42.3 Å². The number of phenolic OH excluding ortho intramolecular Hbond substituents is 1. The molecule has 0 fully saturated rings. The number of nitrogens with zero attached hydrogens (tertiary/aromatic N) is 2. The van der Waals surface area contributed by atoms with Gasteiger partial charge in [0.2, 0.25) is 6.23 Å². The van der Waals surface area contributed by atoms with Crippen molar-refractivity contribution in [1.82, 2.24) is 5.01 Å². The van der Waals surface area contributed by atoms with E-state index in [4.69, 9.17) is 14.6 Å². The number of fused-ring (bicyclic) bond motifs is 3. The number of phenols is 1. The Kier molecular flexibility index (Phi) is 4.20. The fraction of sp³-hybridized carbons (Fsp3) is 0.227. The first-order chi connectivity index (χ1) is 13.8. The molecule has 2 aliphatic heterocycles. The van der Waals surface area contributed by atoms with Crippen LogP contribution in [0.2, 0.25) is 0 Å². The van der Waals surface area contributed by atoms with E-state index in [0.717, 1.165) is 33.9 Å². The lowest BCUT2D eigenvalue weighted by Crippen LogP contribution is -2.33. The lowest BCUT2D eigenvalue weighted by Gasteiger charge is -2.38. The standard InChI is InChI=1S/C22H20N2O3S/c1-2-26-20-9-5-7-16-18-12-17(15-6-3-4-8-19(15)25)23-24(18)22(27-21(16)20)14-10-11-28-13-14/h3-11,13,18,22,25H,2,12H2,1H3. The summed E-state index contributed by atoms with van der Waals surface area (Å²) >= 11 is 1.64. The molecule has 5 nitrogen and oxygen atoms in total. The molecule has 28 heavy (non-hydrogen) atoms. The van der Waals surface area contributed by atoms with Crippen LogP contribution in [0.25, 0.3) is 0 Å². The second-order valence-electron chi connectivity index (χ2n) is 6.80. The third-order valence-electron chi connectivity index (χ3n) is 5.12. The highest BCUT2D eigenvalue weighted by atomic mass is 32.1. The molecule has 2 aromatic carbocycles. The highest BCUT2D eigenvalue weighted by Gasteiger charge is 2.42. The average Bonchev–Trinajstić information content (AvgIpc) is 3.38. The molecule has 3 aromatic rings. The van der Waals surface area contributed by atoms with E-state index in [-0.39, 0.29) is 18.0 Å². The van der Waals surface area contributed by atoms with Crippen LogP contribution in [0.3, 0.4) is 0 Å². The molecule has 0 saturated carbocycles. The molecule has 0 spiro atoms. The molecule has 6 heteroatoms. The summed E-state index contributed by atoms with van der Waals surface area (Å²) in [5, 5.41) is 21.3. The minimum atomic E-state index is -0.325. The van der Waals surface area contributed by atoms with Gasteiger partial charge in [-0.1, -0.05) is 24.3 Å². The molecule has 1 aromatic heterocycles. The summed E-state index contributed by atoms with van der Waals surface area (Å²) in [6.07, 6.45) is 0.373. The van der Waals surface area contributed by atoms with E-state index in [1.54, 1.807) is 17.4 Å². The van der Waals surface area contributed by atoms with Crippen LogP contribution in [0, 0.1) is 0 Å². The zero-order valence-electron chi connectivity index (χ0n) is 15.4. The highest BCUT2D eigenvalue weighted by molar-refractivity contribution is 7.07. The number of thiophene rings is 1. The van der Waals surface area contributed by atoms with Crippen molar-refractivity contribution in [3.05, 3.63) is 76.0 Å². The van der Waals surface area contributed by atoms with E-state index in [9.17, 15) is 5.11 Å². The fourth-order valence-electron chi connectivity index (χ4n) is 3.87. The Morgan fingerprint density at radius 3 is 2.89 bits per heavy atom. The largest absolute Gasteiger partial charge is 0.507 e. The maximum absolute atomic E-state index is 10.3. The minimum absolute atomic E-state index is 0.0312. The summed E-state index contributed by atoms with van der Waals surface area (Å²) in [5.41, 5.74) is 3.76. The lowest BCUT2D eigenvalue weighted by molar-refractivity contribution is -0.0209. The SMILES string of the molecule is CCOc1cccc2c1OC(c1ccsc1)N1N=C(c3ccccc3O)CC21. The highest BCUT2D eigenvalue weighted by Crippen LogP contribution is 2.51. The predicted octanol–water partition coefficient (Wildman–Crippen LogP) is 5.09. The molecule has 0 saturated heterocycles. The van der Waals surface area contributed by atoms with Gasteiger partial charge in [0, 0.05) is 23.1 Å². The smallest absolute Gasteiger partial charge is 0.214 e. The monoisotopic (exact) mass is 392 g/mol. The molecule has 2 aliphatic rings. The van der Waals surface area contributed by atoms with E-state index in [0.29, 0.717) is 13.0 Å². The molecule has 2 unspecified atom stereocenters. The van der Waals surface area contributed by atoms with Crippen LogP contribution in [0.4, 0.5) is 0 Å². The molecule has 1 N–H and O–H groups in total. The number of hydrogen-bond donors (Lipinski definition) is 1. The van der Waals surface area contributed by atoms with Gasteiger partial charge >= 0.3 is 0 Å². The number of rotatable bonds is 4. The van der Waals surface area contributed by atoms with Gasteiger partial charge in [-0.2, -0.15) is 16.4 Å². The van der Waals surface area contributed by atoms with Gasteiger partial charge in [-0.15, -0.1) is 0 Å². The van der Waals surface area contributed by atoms with Crippen molar-refractivity contribution in [1.29, 1.82) is 0 Å². The second-order valence-corrected chi connectivity index (χ2v) is 7.58. The van der Waals surface area contributed by atoms with E-state index in [1.807, 2.05) is 47.6 Å². The number of hydrazone groups is 1. The van der Waals surface area contributed by atoms with Gasteiger partial charge in [-0.05, 0) is 41.9 Å². The number of aromatic hydroxyl groups is 1. The molecular formula is C22H20N2O3S. The molecule has 0 amide bonds. The van der Waals surface area contributed by atoms with E-state index >= 15 is 0 Å². The summed E-state index contributed by atoms with van der Waals surface area (Å²) in [5.74, 6) is 1.80. The first-order valence-electron chi connectivity index (χ1n) is 9.35. The van der Waals surface area contributed by atoms with Crippen LogP contribution >= 0.6 is 11.3 Å². The Hall–Kier alpha value is -2.99. The van der Waals surface area contributed by atoms with Crippen LogP contribution in [-0.4, -0.2) is 22.4 Å². The molecule has 0 aliphatic carbocycles. The zero-order valence-corrected chi connectivity index (χ0v) is 16.2. The van der Waals surface area contributed by atoms with E-state index in [1.165, 1.54) is 0 Å². The maximum atomic E-state index is 10.3. The van der Waals surface area contributed by atoms with Crippen molar-refractivity contribution < 1.29 is 14.6 Å². The number of ether oxygens (including phenoxy) is 2. The van der Waals surface area contributed by atoms with Crippen molar-refractivity contribution in [2.45, 2.75) is 25.6 Å². The third kappa shape index (κ3) is 2.72. The van der Waals surface area contributed by atoms with E-state index in [2.05, 4.69) is 17.5 Å². The van der Waals surface area contributed by atoms with Gasteiger partial charge in [0.25, 0.3) is 0 Å². The molecule has 142 valence electrons. The minimum Gasteiger partial charge on any atom is -0.507 e. The fourth-order valence-corrected chi connectivity index (χ4v) is 4.54. The molecular weight excluding hydrogens is 372 g/mol. The Balaban J connectivity index is 1.62. The van der Waals surface area contributed by atoms with Crippen molar-refractivity contribution >= 4 is 17.0 Å². The number of hydrogen-bond acceptors (Lipinski definition) is 6. The van der Waals surface area contributed by atoms with Crippen molar-refractivity contribution in [2.75, 3.05) is 6.61 Å². The second kappa shape index (κ2) is 6.87. The van der Waals surface area contributed by atoms with Gasteiger partial charge in [-0.25, -0.2) is 5.01 Å². The molecule has 0 bridgehead atoms. The van der Waals surface area contributed by atoms with E-state index < -0.39 is 0 Å². The predicted molar refractivity (Wildman–Crippen MR) is 109 cm³/mol. The number of para-hydroxylation sites is 2. The van der Waals surface area contributed by atoms with Gasteiger partial charge in [0.05, 0.1) is 18.4 Å². The third-order valence-corrected chi connectivity index (χ3v) is 5.82. The Bertz CT molecular complexity index is 1030. The van der Waals surface area contributed by atoms with Gasteiger partial charge < -0.3 is 14.6 Å². The average molecular weight is 392 g/mol. The first kappa shape index (κ1) is 17.1. The topological polar surface area (TPSA) is 54.3 Å². The Labute approximate surface area is 167 Å². The molecule has 0 radical (unpaired) electrons. The number of benzene rings is 2. The van der Waals surface area contributed by atoms with Crippen molar-refractivity contribution in [2.24, 2.45) is 5.10 Å². The molecule has 3 heterocycles. The summed E-state index contributed by atoms with van der Waals surface area (Å²) in [6, 6.07) is 15.5. The van der Waals surface area contributed by atoms with Crippen LogP contribution < -0.4 is 9.47 Å². The van der Waals surface area contributed by atoms with Gasteiger partial charge in [-0.3, -0.25) is 0 Å². The van der Waals surface area contributed by atoms with Crippen molar-refractivity contribution in [3.63, 3.8) is 0 Å². The Morgan fingerprint density at radius 1 is 1.21 bits per heavy atom.